The van der Waals surface area contributed by atoms with Gasteiger partial charge in [-0.2, -0.15) is 0 Å². The lowest BCUT2D eigenvalue weighted by Gasteiger charge is -2.08. The van der Waals surface area contributed by atoms with Crippen molar-refractivity contribution < 1.29 is 8.83 Å². The summed E-state index contributed by atoms with van der Waals surface area (Å²) in [5.74, 6) is 0. The van der Waals surface area contributed by atoms with Crippen LogP contribution in [0.25, 0.3) is 71.2 Å². The average Bonchev–Trinajstić information content (AvgIpc) is 3.52. The topological polar surface area (TPSA) is 56.5 Å². The number of nitrogens with zero attached hydrogens (tertiary/aromatic N) is 3. The molecule has 144 valence electrons. The third-order valence-corrected chi connectivity index (χ3v) is 6.34. The van der Waals surface area contributed by atoms with Gasteiger partial charge >= 0.3 is 0 Å². The van der Waals surface area contributed by atoms with Crippen LogP contribution < -0.4 is 0 Å². The maximum Gasteiger partial charge on any atom is 0.145 e. The van der Waals surface area contributed by atoms with E-state index in [1.54, 1.807) is 0 Å². The van der Waals surface area contributed by atoms with E-state index in [2.05, 4.69) is 38.6 Å². The molecule has 0 saturated carbocycles. The highest BCUT2D eigenvalue weighted by atomic mass is 16.3. The Morgan fingerprint density at radius 3 is 2.52 bits per heavy atom. The van der Waals surface area contributed by atoms with Gasteiger partial charge in [0.15, 0.2) is 0 Å². The number of para-hydroxylation sites is 1. The summed E-state index contributed by atoms with van der Waals surface area (Å²) >= 11 is 0. The molecule has 0 unspecified atom stereocenters. The first-order chi connectivity index (χ1) is 15.4. The van der Waals surface area contributed by atoms with Gasteiger partial charge in [-0.15, -0.1) is 0 Å². The maximum atomic E-state index is 6.33. The summed E-state index contributed by atoms with van der Waals surface area (Å²) in [5, 5.41) is 7.53. The average molecular weight is 399 g/mol. The molecule has 0 fully saturated rings. The standard InChI is InChI=1S/C26H13N3O2/c1-2-4-20-14(3-1)17-11-23-18(12-22(17)30-20)24-21(31-23)6-5-15-19-13-27-8-7-16(19)26-28-9-10-29(26)25(15)24/h1-13H. The van der Waals surface area contributed by atoms with E-state index in [1.807, 2.05) is 55.1 Å². The molecule has 3 aromatic carbocycles. The number of hydrogen-bond donors (Lipinski definition) is 0. The smallest absolute Gasteiger partial charge is 0.145 e. The fraction of sp³-hybridized carbons (Fsp3) is 0. The van der Waals surface area contributed by atoms with Gasteiger partial charge in [-0.25, -0.2) is 4.98 Å². The molecule has 0 aliphatic heterocycles. The predicted octanol–water partition coefficient (Wildman–Crippen LogP) is 6.83. The predicted molar refractivity (Wildman–Crippen MR) is 123 cm³/mol. The van der Waals surface area contributed by atoms with Crippen LogP contribution in [0.15, 0.2) is 88.2 Å². The molecule has 0 N–H and O–H groups in total. The van der Waals surface area contributed by atoms with Crippen molar-refractivity contribution in [3.05, 3.63) is 79.4 Å². The van der Waals surface area contributed by atoms with Crippen LogP contribution in [-0.2, 0) is 0 Å². The summed E-state index contributed by atoms with van der Waals surface area (Å²) in [6, 6.07) is 18.5. The van der Waals surface area contributed by atoms with Crippen LogP contribution in [0, 0.1) is 0 Å². The van der Waals surface area contributed by atoms with E-state index in [-0.39, 0.29) is 0 Å². The van der Waals surface area contributed by atoms with Gasteiger partial charge in [-0.05, 0) is 36.4 Å². The van der Waals surface area contributed by atoms with E-state index < -0.39 is 0 Å². The van der Waals surface area contributed by atoms with Crippen LogP contribution in [0.5, 0.6) is 0 Å². The van der Waals surface area contributed by atoms with Crippen LogP contribution in [0.3, 0.4) is 0 Å². The summed E-state index contributed by atoms with van der Waals surface area (Å²) in [7, 11) is 0. The Morgan fingerprint density at radius 2 is 1.52 bits per heavy atom. The van der Waals surface area contributed by atoms with Crippen molar-refractivity contribution in [2.75, 3.05) is 0 Å². The summed E-state index contributed by atoms with van der Waals surface area (Å²) in [5.41, 5.74) is 5.42. The van der Waals surface area contributed by atoms with Crippen molar-refractivity contribution in [2.24, 2.45) is 0 Å². The Hall–Kier alpha value is -4.38. The number of furan rings is 2. The maximum absolute atomic E-state index is 6.33. The minimum atomic E-state index is 0.845. The lowest BCUT2D eigenvalue weighted by atomic mass is 10.0. The van der Waals surface area contributed by atoms with E-state index in [1.165, 1.54) is 0 Å². The number of hydrogen-bond acceptors (Lipinski definition) is 4. The molecule has 0 amide bonds. The van der Waals surface area contributed by atoms with Crippen LogP contribution in [0.2, 0.25) is 0 Å². The van der Waals surface area contributed by atoms with E-state index in [9.17, 15) is 0 Å². The molecule has 5 aromatic heterocycles. The molecule has 5 nitrogen and oxygen atoms in total. The molecule has 0 aliphatic carbocycles. The van der Waals surface area contributed by atoms with E-state index in [0.29, 0.717) is 0 Å². The molecule has 5 heterocycles. The molecule has 31 heavy (non-hydrogen) atoms. The Kier molecular flexibility index (Phi) is 2.60. The lowest BCUT2D eigenvalue weighted by molar-refractivity contribution is 0.664. The SMILES string of the molecule is c1ccc2c(c1)oc1cc3c(cc12)oc1ccc2c4cnccc4c4nccn4c2c13. The highest BCUT2D eigenvalue weighted by Crippen LogP contribution is 2.41. The Bertz CT molecular complexity index is 2010. The number of aromatic nitrogens is 3. The quantitative estimate of drug-likeness (QED) is 0.262. The fourth-order valence-electron chi connectivity index (χ4n) is 5.02. The van der Waals surface area contributed by atoms with E-state index in [0.717, 1.165) is 71.2 Å². The third kappa shape index (κ3) is 1.82. The van der Waals surface area contributed by atoms with Gasteiger partial charge in [0.2, 0.25) is 0 Å². The molecular weight excluding hydrogens is 386 g/mol. The first kappa shape index (κ1) is 15.5. The number of benzene rings is 3. The monoisotopic (exact) mass is 399 g/mol. The van der Waals surface area contributed by atoms with Crippen molar-refractivity contribution in [2.45, 2.75) is 0 Å². The van der Waals surface area contributed by atoms with Gasteiger partial charge in [0.05, 0.1) is 10.9 Å². The molecular formula is C26H13N3O2. The third-order valence-electron chi connectivity index (χ3n) is 6.34. The van der Waals surface area contributed by atoms with Gasteiger partial charge in [0.1, 0.15) is 28.0 Å². The second-order valence-electron chi connectivity index (χ2n) is 7.92. The Morgan fingerprint density at radius 1 is 0.645 bits per heavy atom. The van der Waals surface area contributed by atoms with Crippen molar-refractivity contribution >= 4 is 71.2 Å². The molecule has 0 aliphatic rings. The second-order valence-corrected chi connectivity index (χ2v) is 7.92. The second kappa shape index (κ2) is 5.21. The highest BCUT2D eigenvalue weighted by Gasteiger charge is 2.18. The highest BCUT2D eigenvalue weighted by molar-refractivity contribution is 6.25. The zero-order valence-corrected chi connectivity index (χ0v) is 16.2. The molecule has 8 aromatic rings. The summed E-state index contributed by atoms with van der Waals surface area (Å²) in [6.07, 6.45) is 7.58. The van der Waals surface area contributed by atoms with Gasteiger partial charge in [-0.1, -0.05) is 18.2 Å². The minimum absolute atomic E-state index is 0.845. The van der Waals surface area contributed by atoms with Gasteiger partial charge < -0.3 is 8.83 Å². The van der Waals surface area contributed by atoms with E-state index in [4.69, 9.17) is 8.83 Å². The number of imidazole rings is 1. The van der Waals surface area contributed by atoms with Crippen molar-refractivity contribution in [3.63, 3.8) is 0 Å². The van der Waals surface area contributed by atoms with Crippen molar-refractivity contribution in [1.29, 1.82) is 0 Å². The lowest BCUT2D eigenvalue weighted by Crippen LogP contribution is -1.91. The Balaban J connectivity index is 1.66. The normalized spacial score (nSPS) is 12.5. The summed E-state index contributed by atoms with van der Waals surface area (Å²) in [4.78, 5) is 9.01. The van der Waals surface area contributed by atoms with E-state index >= 15 is 0 Å². The van der Waals surface area contributed by atoms with Crippen LogP contribution in [0.1, 0.15) is 0 Å². The summed E-state index contributed by atoms with van der Waals surface area (Å²) in [6.45, 7) is 0. The van der Waals surface area contributed by atoms with Gasteiger partial charge in [0.25, 0.3) is 0 Å². The molecule has 0 spiro atoms. The van der Waals surface area contributed by atoms with Crippen LogP contribution in [-0.4, -0.2) is 14.4 Å². The minimum Gasteiger partial charge on any atom is -0.456 e. The van der Waals surface area contributed by atoms with Gasteiger partial charge in [-0.3, -0.25) is 9.38 Å². The molecule has 0 atom stereocenters. The number of pyridine rings is 2. The number of fused-ring (bicyclic) bond motifs is 13. The summed E-state index contributed by atoms with van der Waals surface area (Å²) < 4.78 is 14.6. The van der Waals surface area contributed by atoms with Crippen LogP contribution >= 0.6 is 0 Å². The molecule has 0 bridgehead atoms. The van der Waals surface area contributed by atoms with Gasteiger partial charge in [0, 0.05) is 57.1 Å². The first-order valence-corrected chi connectivity index (χ1v) is 10.2. The largest absolute Gasteiger partial charge is 0.456 e. The molecule has 0 saturated heterocycles. The van der Waals surface area contributed by atoms with Crippen LogP contribution in [0.4, 0.5) is 0 Å². The molecule has 0 radical (unpaired) electrons. The zero-order chi connectivity index (χ0) is 20.1. The number of rotatable bonds is 0. The molecule has 5 heteroatoms. The van der Waals surface area contributed by atoms with Crippen molar-refractivity contribution in [3.8, 4) is 0 Å². The molecule has 8 rings (SSSR count). The first-order valence-electron chi connectivity index (χ1n) is 10.2. The Labute approximate surface area is 174 Å². The fourth-order valence-corrected chi connectivity index (χ4v) is 5.02. The zero-order valence-electron chi connectivity index (χ0n) is 16.2. The van der Waals surface area contributed by atoms with Crippen molar-refractivity contribution in [1.82, 2.24) is 14.4 Å².